The molecule has 1 aliphatic rings. The number of barbiturate groups is 1. The minimum Gasteiger partial charge on any atom is -0.276 e. The number of imide groups is 2. The molecule has 0 aliphatic carbocycles. The number of nitrogens with one attached hydrogen (secondary N) is 1. The Balaban J connectivity index is 2.36. The first-order chi connectivity index (χ1) is 9.37. The Hall–Kier alpha value is -2.68. The quantitative estimate of drug-likeness (QED) is 0.822. The fourth-order valence-corrected chi connectivity index (χ4v) is 1.87. The standard InChI is InChI=1S/C14H13N3O3/c1-14(2)11(18)16-13(20)17(12(14)19)10-5-3-9(4-6-10)7-8-15/h3-6H,7H2,1-2H3,(H,16,18,20). The zero-order chi connectivity index (χ0) is 14.9. The maximum absolute atomic E-state index is 12.3. The van der Waals surface area contributed by atoms with Gasteiger partial charge in [-0.25, -0.2) is 9.69 Å². The van der Waals surface area contributed by atoms with Gasteiger partial charge in [-0.15, -0.1) is 0 Å². The summed E-state index contributed by atoms with van der Waals surface area (Å²) in [6, 6.07) is 7.76. The van der Waals surface area contributed by atoms with Crippen LogP contribution in [-0.4, -0.2) is 17.8 Å². The van der Waals surface area contributed by atoms with E-state index < -0.39 is 23.3 Å². The molecule has 102 valence electrons. The van der Waals surface area contributed by atoms with Crippen molar-refractivity contribution in [3.63, 3.8) is 0 Å². The van der Waals surface area contributed by atoms with E-state index in [0.29, 0.717) is 5.69 Å². The lowest BCUT2D eigenvalue weighted by atomic mass is 9.88. The average Bonchev–Trinajstić information content (AvgIpc) is 2.39. The zero-order valence-electron chi connectivity index (χ0n) is 11.1. The topological polar surface area (TPSA) is 90.3 Å². The molecule has 1 saturated heterocycles. The third kappa shape index (κ3) is 2.14. The number of carbonyl (C=O) groups is 3. The molecular weight excluding hydrogens is 258 g/mol. The van der Waals surface area contributed by atoms with Crippen LogP contribution in [0.3, 0.4) is 0 Å². The Bertz CT molecular complexity index is 626. The Morgan fingerprint density at radius 2 is 1.80 bits per heavy atom. The summed E-state index contributed by atoms with van der Waals surface area (Å²) in [5.41, 5.74) is -0.134. The van der Waals surface area contributed by atoms with Crippen molar-refractivity contribution in [2.45, 2.75) is 20.3 Å². The highest BCUT2D eigenvalue weighted by molar-refractivity contribution is 6.29. The van der Waals surface area contributed by atoms with Crippen LogP contribution < -0.4 is 10.2 Å². The third-order valence-electron chi connectivity index (χ3n) is 3.21. The van der Waals surface area contributed by atoms with Gasteiger partial charge < -0.3 is 0 Å². The highest BCUT2D eigenvalue weighted by atomic mass is 16.2. The second-order valence-corrected chi connectivity index (χ2v) is 5.03. The van der Waals surface area contributed by atoms with Crippen molar-refractivity contribution in [3.8, 4) is 6.07 Å². The molecule has 0 radical (unpaired) electrons. The number of benzene rings is 1. The predicted octanol–water partition coefficient (Wildman–Crippen LogP) is 1.36. The van der Waals surface area contributed by atoms with E-state index >= 15 is 0 Å². The number of urea groups is 1. The lowest BCUT2D eigenvalue weighted by molar-refractivity contribution is -0.140. The second-order valence-electron chi connectivity index (χ2n) is 5.03. The van der Waals surface area contributed by atoms with E-state index in [4.69, 9.17) is 5.26 Å². The van der Waals surface area contributed by atoms with Crippen LogP contribution in [0.5, 0.6) is 0 Å². The highest BCUT2D eigenvalue weighted by Crippen LogP contribution is 2.28. The first kappa shape index (κ1) is 13.7. The molecule has 0 bridgehead atoms. The van der Waals surface area contributed by atoms with Crippen LogP contribution in [0, 0.1) is 16.7 Å². The largest absolute Gasteiger partial charge is 0.335 e. The number of hydrogen-bond donors (Lipinski definition) is 1. The van der Waals surface area contributed by atoms with Gasteiger partial charge in [-0.1, -0.05) is 12.1 Å². The van der Waals surface area contributed by atoms with Crippen molar-refractivity contribution in [1.29, 1.82) is 5.26 Å². The summed E-state index contributed by atoms with van der Waals surface area (Å²) in [5, 5.41) is 10.8. The number of carbonyl (C=O) groups excluding carboxylic acids is 3. The van der Waals surface area contributed by atoms with E-state index in [1.807, 2.05) is 6.07 Å². The van der Waals surface area contributed by atoms with Gasteiger partial charge in [0.25, 0.3) is 0 Å². The summed E-state index contributed by atoms with van der Waals surface area (Å²) >= 11 is 0. The van der Waals surface area contributed by atoms with Gasteiger partial charge >= 0.3 is 6.03 Å². The van der Waals surface area contributed by atoms with Gasteiger partial charge in [0.1, 0.15) is 5.41 Å². The van der Waals surface area contributed by atoms with E-state index in [2.05, 4.69) is 5.32 Å². The monoisotopic (exact) mass is 271 g/mol. The van der Waals surface area contributed by atoms with Crippen LogP contribution >= 0.6 is 0 Å². The molecule has 0 unspecified atom stereocenters. The van der Waals surface area contributed by atoms with Crippen LogP contribution in [-0.2, 0) is 16.0 Å². The Morgan fingerprint density at radius 1 is 1.20 bits per heavy atom. The molecule has 0 aromatic heterocycles. The number of rotatable bonds is 2. The highest BCUT2D eigenvalue weighted by Gasteiger charge is 2.47. The number of hydrogen-bond acceptors (Lipinski definition) is 4. The molecule has 1 aromatic carbocycles. The summed E-state index contributed by atoms with van der Waals surface area (Å²) in [5.74, 6) is -1.18. The van der Waals surface area contributed by atoms with Crippen molar-refractivity contribution >= 4 is 23.5 Å². The Labute approximate surface area is 116 Å². The Kier molecular flexibility index (Phi) is 3.28. The summed E-state index contributed by atoms with van der Waals surface area (Å²) in [7, 11) is 0. The lowest BCUT2D eigenvalue weighted by Crippen LogP contribution is -2.62. The van der Waals surface area contributed by atoms with Crippen LogP contribution in [0.4, 0.5) is 10.5 Å². The van der Waals surface area contributed by atoms with Crippen molar-refractivity contribution in [2.75, 3.05) is 4.90 Å². The first-order valence-electron chi connectivity index (χ1n) is 6.04. The smallest absolute Gasteiger partial charge is 0.276 e. The van der Waals surface area contributed by atoms with Crippen molar-refractivity contribution < 1.29 is 14.4 Å². The molecule has 4 amide bonds. The number of anilines is 1. The van der Waals surface area contributed by atoms with E-state index in [9.17, 15) is 14.4 Å². The SMILES string of the molecule is CC1(C)C(=O)NC(=O)N(c2ccc(CC#N)cc2)C1=O. The normalized spacial score (nSPS) is 17.6. The minimum absolute atomic E-state index is 0.254. The van der Waals surface area contributed by atoms with Crippen molar-refractivity contribution in [3.05, 3.63) is 29.8 Å². The number of amides is 4. The summed E-state index contributed by atoms with van der Waals surface area (Å²) in [4.78, 5) is 36.7. The minimum atomic E-state index is -1.29. The van der Waals surface area contributed by atoms with Gasteiger partial charge in [0.2, 0.25) is 11.8 Å². The van der Waals surface area contributed by atoms with Crippen LogP contribution in [0.2, 0.25) is 0 Å². The molecule has 20 heavy (non-hydrogen) atoms. The number of nitriles is 1. The van der Waals surface area contributed by atoms with E-state index in [0.717, 1.165) is 10.5 Å². The van der Waals surface area contributed by atoms with Gasteiger partial charge in [0.05, 0.1) is 18.2 Å². The first-order valence-corrected chi connectivity index (χ1v) is 6.04. The van der Waals surface area contributed by atoms with Gasteiger partial charge in [-0.05, 0) is 31.5 Å². The molecule has 0 atom stereocenters. The summed E-state index contributed by atoms with van der Waals surface area (Å²) in [6.45, 7) is 2.93. The fourth-order valence-electron chi connectivity index (χ4n) is 1.87. The zero-order valence-corrected chi connectivity index (χ0v) is 11.1. The molecule has 1 aliphatic heterocycles. The molecule has 1 heterocycles. The molecule has 6 heteroatoms. The maximum atomic E-state index is 12.3. The van der Waals surface area contributed by atoms with Gasteiger partial charge in [-0.3, -0.25) is 14.9 Å². The predicted molar refractivity (Wildman–Crippen MR) is 70.6 cm³/mol. The molecule has 0 spiro atoms. The second kappa shape index (κ2) is 4.78. The number of nitrogens with zero attached hydrogens (tertiary/aromatic N) is 2. The van der Waals surface area contributed by atoms with Crippen molar-refractivity contribution in [1.82, 2.24) is 5.32 Å². The molecular formula is C14H13N3O3. The van der Waals surface area contributed by atoms with Crippen molar-refractivity contribution in [2.24, 2.45) is 5.41 Å². The summed E-state index contributed by atoms with van der Waals surface area (Å²) in [6.07, 6.45) is 0.254. The van der Waals surface area contributed by atoms with Gasteiger partial charge in [-0.2, -0.15) is 5.26 Å². The Morgan fingerprint density at radius 3 is 2.35 bits per heavy atom. The molecule has 1 aromatic rings. The molecule has 1 N–H and O–H groups in total. The lowest BCUT2D eigenvalue weighted by Gasteiger charge is -2.34. The molecule has 0 saturated carbocycles. The fraction of sp³-hybridized carbons (Fsp3) is 0.286. The van der Waals surface area contributed by atoms with Crippen LogP contribution in [0.25, 0.3) is 0 Å². The average molecular weight is 271 g/mol. The molecule has 2 rings (SSSR count). The van der Waals surface area contributed by atoms with E-state index in [1.54, 1.807) is 24.3 Å². The van der Waals surface area contributed by atoms with Crippen LogP contribution in [0.15, 0.2) is 24.3 Å². The van der Waals surface area contributed by atoms with Gasteiger partial charge in [0.15, 0.2) is 0 Å². The third-order valence-corrected chi connectivity index (χ3v) is 3.21. The maximum Gasteiger partial charge on any atom is 0.335 e. The van der Waals surface area contributed by atoms with Gasteiger partial charge in [0, 0.05) is 0 Å². The van der Waals surface area contributed by atoms with E-state index in [-0.39, 0.29) is 6.42 Å². The van der Waals surface area contributed by atoms with Crippen LogP contribution in [0.1, 0.15) is 19.4 Å². The summed E-state index contributed by atoms with van der Waals surface area (Å²) < 4.78 is 0. The van der Waals surface area contributed by atoms with E-state index in [1.165, 1.54) is 13.8 Å². The molecule has 6 nitrogen and oxygen atoms in total. The molecule has 1 fully saturated rings.